The minimum absolute atomic E-state index is 0.0762. The van der Waals surface area contributed by atoms with E-state index in [1.165, 1.54) is 35.4 Å². The molecule has 0 radical (unpaired) electrons. The van der Waals surface area contributed by atoms with Gasteiger partial charge in [-0.3, -0.25) is 4.98 Å². The summed E-state index contributed by atoms with van der Waals surface area (Å²) in [7, 11) is -3.39. The number of hydrogen-bond acceptors (Lipinski definition) is 5. The number of benzene rings is 1. The maximum absolute atomic E-state index is 13.6. The van der Waals surface area contributed by atoms with Crippen LogP contribution in [0.25, 0.3) is 0 Å². The van der Waals surface area contributed by atoms with Crippen LogP contribution in [-0.4, -0.2) is 48.8 Å². The van der Waals surface area contributed by atoms with E-state index in [1.807, 2.05) is 0 Å². The minimum atomic E-state index is -4.64. The molecule has 31 heavy (non-hydrogen) atoms. The van der Waals surface area contributed by atoms with Crippen molar-refractivity contribution in [3.63, 3.8) is 0 Å². The summed E-state index contributed by atoms with van der Waals surface area (Å²) >= 11 is 0. The summed E-state index contributed by atoms with van der Waals surface area (Å²) in [5.74, 6) is 0.00940. The van der Waals surface area contributed by atoms with E-state index in [1.54, 1.807) is 0 Å². The van der Waals surface area contributed by atoms with Crippen molar-refractivity contribution in [3.05, 3.63) is 53.3 Å². The van der Waals surface area contributed by atoms with Gasteiger partial charge in [0.15, 0.2) is 9.84 Å². The fourth-order valence-corrected chi connectivity index (χ4v) is 4.06. The molecule has 2 heterocycles. The van der Waals surface area contributed by atoms with Crippen molar-refractivity contribution >= 4 is 15.9 Å². The van der Waals surface area contributed by atoms with Crippen molar-refractivity contribution in [2.45, 2.75) is 36.4 Å². The lowest BCUT2D eigenvalue weighted by molar-refractivity contribution is -0.139. The molecule has 1 aromatic carbocycles. The molecule has 1 aromatic heterocycles. The van der Waals surface area contributed by atoms with Crippen LogP contribution >= 0.6 is 0 Å². The third-order valence-electron chi connectivity index (χ3n) is 5.16. The largest absolute Gasteiger partial charge is 0.487 e. The van der Waals surface area contributed by atoms with Gasteiger partial charge in [0, 0.05) is 25.5 Å². The van der Waals surface area contributed by atoms with Gasteiger partial charge < -0.3 is 14.7 Å². The van der Waals surface area contributed by atoms with E-state index in [-0.39, 0.29) is 35.3 Å². The van der Waals surface area contributed by atoms with Crippen LogP contribution in [-0.2, 0) is 22.6 Å². The molecule has 0 unspecified atom stereocenters. The van der Waals surface area contributed by atoms with E-state index in [2.05, 4.69) is 4.98 Å². The molecule has 1 amide bonds. The molecule has 1 fully saturated rings. The van der Waals surface area contributed by atoms with Gasteiger partial charge in [-0.25, -0.2) is 13.2 Å². The Morgan fingerprint density at radius 1 is 1.23 bits per heavy atom. The first kappa shape index (κ1) is 22.9. The Morgan fingerprint density at radius 2 is 1.84 bits per heavy atom. The van der Waals surface area contributed by atoms with E-state index >= 15 is 0 Å². The Labute approximate surface area is 177 Å². The fraction of sp³-hybridized carbons (Fsp3) is 0.400. The predicted octanol–water partition coefficient (Wildman–Crippen LogP) is 3.94. The topological polar surface area (TPSA) is 96.8 Å². The number of pyridine rings is 1. The summed E-state index contributed by atoms with van der Waals surface area (Å²) in [5, 5.41) is 9.01. The van der Waals surface area contributed by atoms with E-state index in [4.69, 9.17) is 9.84 Å². The highest BCUT2D eigenvalue weighted by Crippen LogP contribution is 2.36. The molecule has 1 N–H and O–H groups in total. The number of ether oxygens (including phenoxy) is 1. The molecule has 1 saturated heterocycles. The zero-order valence-corrected chi connectivity index (χ0v) is 17.4. The van der Waals surface area contributed by atoms with Crippen molar-refractivity contribution < 1.29 is 36.2 Å². The molecule has 0 atom stereocenters. The monoisotopic (exact) mass is 458 g/mol. The number of amides is 1. The van der Waals surface area contributed by atoms with Crippen LogP contribution in [0.2, 0.25) is 0 Å². The number of piperidine rings is 1. The Hall–Kier alpha value is -2.82. The van der Waals surface area contributed by atoms with Crippen molar-refractivity contribution in [2.24, 2.45) is 0 Å². The standard InChI is InChI=1S/C20H21F3N2O5S/c1-31(28,29)16-4-2-15(3-5-16)30-12-18-17(20(21,22)23)10-14(11-24-18)13-6-8-25(9-7-13)19(26)27/h2-5,10-11,13H,6-9,12H2,1H3,(H,26,27). The molecule has 11 heteroatoms. The van der Waals surface area contributed by atoms with Gasteiger partial charge >= 0.3 is 12.3 Å². The lowest BCUT2D eigenvalue weighted by atomic mass is 9.89. The highest BCUT2D eigenvalue weighted by molar-refractivity contribution is 7.90. The predicted molar refractivity (Wildman–Crippen MR) is 105 cm³/mol. The van der Waals surface area contributed by atoms with Crippen LogP contribution < -0.4 is 4.74 Å². The number of rotatable bonds is 5. The van der Waals surface area contributed by atoms with Crippen LogP contribution in [0, 0.1) is 0 Å². The van der Waals surface area contributed by atoms with Gasteiger partial charge in [-0.05, 0) is 54.7 Å². The second kappa shape index (κ2) is 8.74. The number of carboxylic acid groups (broad SMARTS) is 1. The summed E-state index contributed by atoms with van der Waals surface area (Å²) in [4.78, 5) is 16.3. The molecule has 1 aliphatic heterocycles. The quantitative estimate of drug-likeness (QED) is 0.729. The van der Waals surface area contributed by atoms with Crippen molar-refractivity contribution in [1.29, 1.82) is 0 Å². The number of carbonyl (C=O) groups is 1. The molecule has 0 aliphatic carbocycles. The van der Waals surface area contributed by atoms with E-state index in [9.17, 15) is 26.4 Å². The second-order valence-electron chi connectivity index (χ2n) is 7.34. The molecule has 1 aliphatic rings. The van der Waals surface area contributed by atoms with E-state index in [0.717, 1.165) is 12.3 Å². The fourth-order valence-electron chi connectivity index (χ4n) is 3.43. The SMILES string of the molecule is CS(=O)(=O)c1ccc(OCc2ncc(C3CCN(C(=O)O)CC3)cc2C(F)(F)F)cc1. The highest BCUT2D eigenvalue weighted by Gasteiger charge is 2.35. The van der Waals surface area contributed by atoms with Gasteiger partial charge in [0.25, 0.3) is 0 Å². The highest BCUT2D eigenvalue weighted by atomic mass is 32.2. The molecule has 7 nitrogen and oxygen atoms in total. The number of halogens is 3. The number of hydrogen-bond donors (Lipinski definition) is 1. The summed E-state index contributed by atoms with van der Waals surface area (Å²) in [5.41, 5.74) is -0.775. The number of likely N-dealkylation sites (tertiary alicyclic amines) is 1. The van der Waals surface area contributed by atoms with Gasteiger partial charge in [-0.2, -0.15) is 13.2 Å². The van der Waals surface area contributed by atoms with Crippen LogP contribution in [0.4, 0.5) is 18.0 Å². The second-order valence-corrected chi connectivity index (χ2v) is 9.35. The number of alkyl halides is 3. The molecule has 0 bridgehead atoms. The zero-order chi connectivity index (χ0) is 22.8. The van der Waals surface area contributed by atoms with Gasteiger partial charge in [-0.15, -0.1) is 0 Å². The normalized spacial score (nSPS) is 15.7. The molecule has 0 spiro atoms. The van der Waals surface area contributed by atoms with Gasteiger partial charge in [0.2, 0.25) is 0 Å². The first-order valence-corrected chi connectivity index (χ1v) is 11.3. The van der Waals surface area contributed by atoms with Crippen molar-refractivity contribution in [3.8, 4) is 5.75 Å². The number of aromatic nitrogens is 1. The van der Waals surface area contributed by atoms with Crippen LogP contribution in [0.3, 0.4) is 0 Å². The molecular formula is C20H21F3N2O5S. The average Bonchev–Trinajstić information content (AvgIpc) is 2.71. The maximum atomic E-state index is 13.6. The van der Waals surface area contributed by atoms with Crippen LogP contribution in [0.15, 0.2) is 41.4 Å². The summed E-state index contributed by atoms with van der Waals surface area (Å²) in [6, 6.07) is 6.42. The van der Waals surface area contributed by atoms with Crippen LogP contribution in [0.5, 0.6) is 5.75 Å². The minimum Gasteiger partial charge on any atom is -0.487 e. The Bertz CT molecular complexity index is 1050. The lowest BCUT2D eigenvalue weighted by Gasteiger charge is -2.30. The van der Waals surface area contributed by atoms with Crippen molar-refractivity contribution in [1.82, 2.24) is 9.88 Å². The lowest BCUT2D eigenvalue weighted by Crippen LogP contribution is -2.36. The summed E-state index contributed by atoms with van der Waals surface area (Å²) in [6.07, 6.45) is -2.40. The smallest absolute Gasteiger partial charge is 0.418 e. The zero-order valence-electron chi connectivity index (χ0n) is 16.6. The Kier molecular flexibility index (Phi) is 6.44. The third-order valence-corrected chi connectivity index (χ3v) is 6.29. The van der Waals surface area contributed by atoms with Crippen LogP contribution in [0.1, 0.15) is 35.6 Å². The van der Waals surface area contributed by atoms with Gasteiger partial charge in [-0.1, -0.05) is 0 Å². The molecule has 3 rings (SSSR count). The summed E-state index contributed by atoms with van der Waals surface area (Å²) < 4.78 is 69.2. The number of nitrogens with zero attached hydrogens (tertiary/aromatic N) is 2. The molecule has 168 valence electrons. The van der Waals surface area contributed by atoms with Gasteiger partial charge in [0.05, 0.1) is 16.2 Å². The molecule has 0 saturated carbocycles. The maximum Gasteiger partial charge on any atom is 0.418 e. The third kappa shape index (κ3) is 5.66. The molecule has 2 aromatic rings. The van der Waals surface area contributed by atoms with E-state index < -0.39 is 34.3 Å². The van der Waals surface area contributed by atoms with Gasteiger partial charge in [0.1, 0.15) is 12.4 Å². The first-order chi connectivity index (χ1) is 14.4. The Balaban J connectivity index is 1.76. The van der Waals surface area contributed by atoms with Crippen molar-refractivity contribution in [2.75, 3.05) is 19.3 Å². The summed E-state index contributed by atoms with van der Waals surface area (Å²) in [6.45, 7) is 0.0795. The van der Waals surface area contributed by atoms with E-state index in [0.29, 0.717) is 18.4 Å². The Morgan fingerprint density at radius 3 is 2.35 bits per heavy atom. The first-order valence-electron chi connectivity index (χ1n) is 9.42. The molecular weight excluding hydrogens is 437 g/mol. The average molecular weight is 458 g/mol. The number of sulfone groups is 1.